The highest BCUT2D eigenvalue weighted by Gasteiger charge is 2.27. The number of ether oxygens (including phenoxy) is 1. The maximum atomic E-state index is 10.5. The molecule has 0 radical (unpaired) electrons. The summed E-state index contributed by atoms with van der Waals surface area (Å²) in [6.07, 6.45) is 0.323. The molecule has 0 saturated heterocycles. The van der Waals surface area contributed by atoms with Gasteiger partial charge in [-0.15, -0.1) is 0 Å². The lowest BCUT2D eigenvalue weighted by atomic mass is 9.76. The molecule has 3 nitrogen and oxygen atoms in total. The monoisotopic (exact) mass is 279 g/mol. The van der Waals surface area contributed by atoms with Crippen LogP contribution in [0, 0.1) is 11.3 Å². The predicted molar refractivity (Wildman–Crippen MR) is 84.0 cm³/mol. The Balaban J connectivity index is 2.84. The molecule has 3 N–H and O–H groups in total. The minimum atomic E-state index is -0.429. The Labute approximate surface area is 123 Å². The average molecular weight is 279 g/mol. The number of aliphatic hydroxyl groups is 1. The highest BCUT2D eigenvalue weighted by Crippen LogP contribution is 2.33. The summed E-state index contributed by atoms with van der Waals surface area (Å²) in [6, 6.07) is 7.81. The predicted octanol–water partition coefficient (Wildman–Crippen LogP) is 3.17. The van der Waals surface area contributed by atoms with E-state index in [-0.39, 0.29) is 11.3 Å². The van der Waals surface area contributed by atoms with Gasteiger partial charge < -0.3 is 15.6 Å². The van der Waals surface area contributed by atoms with Crippen LogP contribution < -0.4 is 10.5 Å². The van der Waals surface area contributed by atoms with Crippen LogP contribution in [0.1, 0.15) is 45.6 Å². The van der Waals surface area contributed by atoms with Crippen molar-refractivity contribution in [2.75, 3.05) is 13.7 Å². The van der Waals surface area contributed by atoms with E-state index in [1.165, 1.54) is 0 Å². The molecule has 0 saturated carbocycles. The molecule has 1 rings (SSSR count). The van der Waals surface area contributed by atoms with Crippen molar-refractivity contribution in [3.63, 3.8) is 0 Å². The molecule has 114 valence electrons. The van der Waals surface area contributed by atoms with Crippen molar-refractivity contribution in [1.29, 1.82) is 0 Å². The summed E-state index contributed by atoms with van der Waals surface area (Å²) in [5.41, 5.74) is 7.11. The smallest absolute Gasteiger partial charge is 0.119 e. The minimum absolute atomic E-state index is 0.0464. The molecule has 3 atom stereocenters. The van der Waals surface area contributed by atoms with E-state index in [4.69, 9.17) is 10.5 Å². The van der Waals surface area contributed by atoms with Crippen LogP contribution in [0.25, 0.3) is 0 Å². The molecule has 0 aliphatic carbocycles. The average Bonchev–Trinajstić information content (AvgIpc) is 2.38. The van der Waals surface area contributed by atoms with E-state index in [1.54, 1.807) is 7.11 Å². The Morgan fingerprint density at radius 1 is 1.30 bits per heavy atom. The van der Waals surface area contributed by atoms with E-state index in [9.17, 15) is 5.11 Å². The molecular formula is C17H29NO2. The fraction of sp³-hybridized carbons (Fsp3) is 0.647. The van der Waals surface area contributed by atoms with Gasteiger partial charge in [-0.1, -0.05) is 39.8 Å². The van der Waals surface area contributed by atoms with Gasteiger partial charge in [0.25, 0.3) is 0 Å². The van der Waals surface area contributed by atoms with Crippen molar-refractivity contribution >= 4 is 0 Å². The molecule has 20 heavy (non-hydrogen) atoms. The fourth-order valence-corrected chi connectivity index (χ4v) is 2.27. The molecule has 0 aromatic heterocycles. The molecule has 0 aliphatic heterocycles. The van der Waals surface area contributed by atoms with Crippen molar-refractivity contribution in [3.8, 4) is 5.75 Å². The summed E-state index contributed by atoms with van der Waals surface area (Å²) in [4.78, 5) is 0. The van der Waals surface area contributed by atoms with Crippen LogP contribution in [-0.4, -0.2) is 24.9 Å². The first-order valence-corrected chi connectivity index (χ1v) is 7.31. The molecule has 1 aromatic carbocycles. The van der Waals surface area contributed by atoms with Gasteiger partial charge in [-0.3, -0.25) is 0 Å². The highest BCUT2D eigenvalue weighted by atomic mass is 16.5. The topological polar surface area (TPSA) is 55.5 Å². The number of hydrogen-bond acceptors (Lipinski definition) is 3. The van der Waals surface area contributed by atoms with Crippen LogP contribution in [0.15, 0.2) is 24.3 Å². The Bertz CT molecular complexity index is 412. The molecular weight excluding hydrogens is 250 g/mol. The van der Waals surface area contributed by atoms with E-state index in [1.807, 2.05) is 24.3 Å². The SMILES string of the molecule is COc1cccc(C(CN)C(O)CC(C)C(C)(C)C)c1. The van der Waals surface area contributed by atoms with Crippen molar-refractivity contribution < 1.29 is 9.84 Å². The van der Waals surface area contributed by atoms with Gasteiger partial charge in [0.2, 0.25) is 0 Å². The Morgan fingerprint density at radius 3 is 2.45 bits per heavy atom. The van der Waals surface area contributed by atoms with Crippen LogP contribution in [0.5, 0.6) is 5.75 Å². The normalized spacial score (nSPS) is 16.6. The summed E-state index contributed by atoms with van der Waals surface area (Å²) in [6.45, 7) is 9.22. The third-order valence-corrected chi connectivity index (χ3v) is 4.31. The zero-order valence-corrected chi connectivity index (χ0v) is 13.4. The molecule has 0 amide bonds. The minimum Gasteiger partial charge on any atom is -0.497 e. The van der Waals surface area contributed by atoms with E-state index >= 15 is 0 Å². The number of aliphatic hydroxyl groups excluding tert-OH is 1. The zero-order valence-electron chi connectivity index (χ0n) is 13.4. The maximum absolute atomic E-state index is 10.5. The van der Waals surface area contributed by atoms with Crippen LogP contribution >= 0.6 is 0 Å². The van der Waals surface area contributed by atoms with Crippen molar-refractivity contribution in [2.24, 2.45) is 17.1 Å². The molecule has 0 fully saturated rings. The molecule has 3 unspecified atom stereocenters. The third kappa shape index (κ3) is 4.50. The number of methoxy groups -OCH3 is 1. The van der Waals surface area contributed by atoms with E-state index in [0.717, 1.165) is 17.7 Å². The Morgan fingerprint density at radius 2 is 1.95 bits per heavy atom. The molecule has 0 spiro atoms. The highest BCUT2D eigenvalue weighted by molar-refractivity contribution is 5.31. The summed E-state index contributed by atoms with van der Waals surface area (Å²) in [5, 5.41) is 10.5. The summed E-state index contributed by atoms with van der Waals surface area (Å²) in [5.74, 6) is 1.18. The van der Waals surface area contributed by atoms with E-state index in [2.05, 4.69) is 27.7 Å². The largest absolute Gasteiger partial charge is 0.497 e. The fourth-order valence-electron chi connectivity index (χ4n) is 2.27. The first-order valence-electron chi connectivity index (χ1n) is 7.31. The standard InChI is InChI=1S/C17H29NO2/c1-12(17(2,3)4)9-16(19)15(11-18)13-7-6-8-14(10-13)20-5/h6-8,10,12,15-16,19H,9,11,18H2,1-5H3. The van der Waals surface area contributed by atoms with Crippen molar-refractivity contribution in [3.05, 3.63) is 29.8 Å². The summed E-state index contributed by atoms with van der Waals surface area (Å²) in [7, 11) is 1.65. The lowest BCUT2D eigenvalue weighted by molar-refractivity contribution is 0.0894. The number of nitrogens with two attached hydrogens (primary N) is 1. The quantitative estimate of drug-likeness (QED) is 0.841. The van der Waals surface area contributed by atoms with Gasteiger partial charge in [-0.05, 0) is 35.4 Å². The third-order valence-electron chi connectivity index (χ3n) is 4.31. The van der Waals surface area contributed by atoms with Crippen molar-refractivity contribution in [2.45, 2.75) is 46.1 Å². The van der Waals surface area contributed by atoms with Gasteiger partial charge in [-0.2, -0.15) is 0 Å². The Hall–Kier alpha value is -1.06. The second kappa shape index (κ2) is 7.09. The van der Waals surface area contributed by atoms with Gasteiger partial charge in [0.15, 0.2) is 0 Å². The van der Waals surface area contributed by atoms with Crippen molar-refractivity contribution in [1.82, 2.24) is 0 Å². The molecule has 0 bridgehead atoms. The molecule has 0 aliphatic rings. The first-order chi connectivity index (χ1) is 9.29. The van der Waals surface area contributed by atoms with Gasteiger partial charge in [0.05, 0.1) is 13.2 Å². The first kappa shape index (κ1) is 17.0. The summed E-state index contributed by atoms with van der Waals surface area (Å²) >= 11 is 0. The van der Waals surface area contributed by atoms with Gasteiger partial charge in [0, 0.05) is 12.5 Å². The van der Waals surface area contributed by atoms with Gasteiger partial charge in [0.1, 0.15) is 5.75 Å². The van der Waals surface area contributed by atoms with Crippen LogP contribution in [-0.2, 0) is 0 Å². The van der Waals surface area contributed by atoms with Gasteiger partial charge in [-0.25, -0.2) is 0 Å². The maximum Gasteiger partial charge on any atom is 0.119 e. The van der Waals surface area contributed by atoms with E-state index < -0.39 is 6.10 Å². The molecule has 0 heterocycles. The Kier molecular flexibility index (Phi) is 6.03. The zero-order chi connectivity index (χ0) is 15.3. The summed E-state index contributed by atoms with van der Waals surface area (Å²) < 4.78 is 5.24. The lowest BCUT2D eigenvalue weighted by Crippen LogP contribution is -2.30. The second-order valence-corrected chi connectivity index (χ2v) is 6.69. The van der Waals surface area contributed by atoms with Gasteiger partial charge >= 0.3 is 0 Å². The molecule has 3 heteroatoms. The van der Waals surface area contributed by atoms with E-state index in [0.29, 0.717) is 12.5 Å². The number of benzene rings is 1. The van der Waals surface area contributed by atoms with Crippen LogP contribution in [0.2, 0.25) is 0 Å². The van der Waals surface area contributed by atoms with Crippen LogP contribution in [0.3, 0.4) is 0 Å². The second-order valence-electron chi connectivity index (χ2n) is 6.69. The van der Waals surface area contributed by atoms with Crippen LogP contribution in [0.4, 0.5) is 0 Å². The number of hydrogen-bond donors (Lipinski definition) is 2. The number of rotatable bonds is 6. The lowest BCUT2D eigenvalue weighted by Gasteiger charge is -2.32. The molecule has 1 aromatic rings.